The zero-order valence-electron chi connectivity index (χ0n) is 18.2. The zero-order chi connectivity index (χ0) is 23.8. The van der Waals surface area contributed by atoms with E-state index < -0.39 is 0 Å². The molecule has 0 amide bonds. The van der Waals surface area contributed by atoms with Gasteiger partial charge in [-0.05, 0) is 31.4 Å². The van der Waals surface area contributed by atoms with Crippen molar-refractivity contribution in [1.29, 1.82) is 0 Å². The highest BCUT2D eigenvalue weighted by Gasteiger charge is 2.16. The number of methoxy groups -OCH3 is 1. The van der Waals surface area contributed by atoms with Crippen molar-refractivity contribution in [2.75, 3.05) is 25.6 Å². The number of H-pyrrole nitrogens is 1. The quantitative estimate of drug-likeness (QED) is 0.178. The van der Waals surface area contributed by atoms with Crippen LogP contribution in [0.2, 0.25) is 10.0 Å². The normalized spacial score (nSPS) is 10.8. The van der Waals surface area contributed by atoms with Gasteiger partial charge in [-0.15, -0.1) is 0 Å². The minimum atomic E-state index is -0.316. The Morgan fingerprint density at radius 3 is 2.58 bits per heavy atom. The highest BCUT2D eigenvalue weighted by Crippen LogP contribution is 2.39. The number of guanidine groups is 1. The van der Waals surface area contributed by atoms with Crippen LogP contribution < -0.4 is 31.8 Å². The molecule has 11 heteroatoms. The van der Waals surface area contributed by atoms with E-state index in [-0.39, 0.29) is 11.5 Å². The Balaban J connectivity index is 1.80. The minimum Gasteiger partial charge on any atom is -0.493 e. The van der Waals surface area contributed by atoms with Crippen molar-refractivity contribution in [3.63, 3.8) is 0 Å². The first-order chi connectivity index (χ1) is 15.9. The van der Waals surface area contributed by atoms with Gasteiger partial charge < -0.3 is 31.2 Å². The Morgan fingerprint density at radius 2 is 1.88 bits per heavy atom. The highest BCUT2D eigenvalue weighted by atomic mass is 35.5. The summed E-state index contributed by atoms with van der Waals surface area (Å²) < 4.78 is 11.5. The lowest BCUT2D eigenvalue weighted by atomic mass is 10.1. The molecule has 0 bridgehead atoms. The molecule has 0 fully saturated rings. The number of ether oxygens (including phenoxy) is 2. The van der Waals surface area contributed by atoms with E-state index in [1.165, 1.54) is 18.5 Å². The summed E-state index contributed by atoms with van der Waals surface area (Å²) >= 11 is 12.5. The molecule has 0 saturated heterocycles. The SMILES string of the molecule is COc1ccc2c(Nc3c(Cl)cncc3Cl)cc(=O)[nH]c2c1OCCCCCCN=C(N)N. The van der Waals surface area contributed by atoms with Gasteiger partial charge in [-0.2, -0.15) is 0 Å². The molecular formula is C22H26Cl2N6O3. The van der Waals surface area contributed by atoms with Crippen molar-refractivity contribution in [2.24, 2.45) is 16.5 Å². The van der Waals surface area contributed by atoms with E-state index >= 15 is 0 Å². The van der Waals surface area contributed by atoms with Gasteiger partial charge in [0.15, 0.2) is 17.5 Å². The number of aromatic nitrogens is 2. The van der Waals surface area contributed by atoms with E-state index in [1.807, 2.05) is 6.07 Å². The minimum absolute atomic E-state index is 0.109. The third-order valence-corrected chi connectivity index (χ3v) is 5.43. The van der Waals surface area contributed by atoms with Gasteiger partial charge in [-0.3, -0.25) is 14.8 Å². The van der Waals surface area contributed by atoms with Gasteiger partial charge in [0.1, 0.15) is 0 Å². The number of anilines is 2. The van der Waals surface area contributed by atoms with Crippen LogP contribution in [0.5, 0.6) is 11.5 Å². The van der Waals surface area contributed by atoms with Crippen LogP contribution in [0.15, 0.2) is 40.4 Å². The molecule has 0 spiro atoms. The molecular weight excluding hydrogens is 467 g/mol. The Morgan fingerprint density at radius 1 is 1.15 bits per heavy atom. The van der Waals surface area contributed by atoms with Gasteiger partial charge >= 0.3 is 0 Å². The molecule has 0 aliphatic rings. The number of benzene rings is 1. The predicted octanol–water partition coefficient (Wildman–Crippen LogP) is 4.19. The van der Waals surface area contributed by atoms with Crippen LogP contribution in [-0.4, -0.2) is 36.2 Å². The van der Waals surface area contributed by atoms with Crippen molar-refractivity contribution in [1.82, 2.24) is 9.97 Å². The summed E-state index contributed by atoms with van der Waals surface area (Å²) in [5.41, 5.74) is 11.8. The van der Waals surface area contributed by atoms with Gasteiger partial charge in [-0.1, -0.05) is 29.6 Å². The lowest BCUT2D eigenvalue weighted by Gasteiger charge is -2.16. The van der Waals surface area contributed by atoms with Crippen LogP contribution in [0.1, 0.15) is 25.7 Å². The van der Waals surface area contributed by atoms with Gasteiger partial charge in [0.05, 0.1) is 40.7 Å². The number of hydrogen-bond acceptors (Lipinski definition) is 6. The summed E-state index contributed by atoms with van der Waals surface area (Å²) in [6, 6.07) is 5.04. The highest BCUT2D eigenvalue weighted by molar-refractivity contribution is 6.39. The second kappa shape index (κ2) is 11.6. The molecule has 3 rings (SSSR count). The molecule has 1 aromatic carbocycles. The number of nitrogens with zero attached hydrogens (tertiary/aromatic N) is 2. The second-order valence-corrected chi connectivity index (χ2v) is 8.05. The Kier molecular flexibility index (Phi) is 8.62. The summed E-state index contributed by atoms with van der Waals surface area (Å²) in [6.45, 7) is 1.07. The number of nitrogens with one attached hydrogen (secondary N) is 2. The van der Waals surface area contributed by atoms with Crippen molar-refractivity contribution in [3.05, 3.63) is 51.0 Å². The molecule has 0 saturated carbocycles. The number of aliphatic imine (C=N–C) groups is 1. The number of aromatic amines is 1. The number of nitrogens with two attached hydrogens (primary N) is 2. The fraction of sp³-hybridized carbons (Fsp3) is 0.318. The van der Waals surface area contributed by atoms with E-state index in [0.717, 1.165) is 25.7 Å². The van der Waals surface area contributed by atoms with Gasteiger partial charge in [0.2, 0.25) is 0 Å². The maximum absolute atomic E-state index is 12.4. The van der Waals surface area contributed by atoms with Crippen LogP contribution >= 0.6 is 23.2 Å². The maximum Gasteiger partial charge on any atom is 0.250 e. The number of fused-ring (bicyclic) bond motifs is 1. The summed E-state index contributed by atoms with van der Waals surface area (Å²) in [4.78, 5) is 23.2. The summed E-state index contributed by atoms with van der Waals surface area (Å²) in [7, 11) is 1.55. The summed E-state index contributed by atoms with van der Waals surface area (Å²) in [5, 5.41) is 4.53. The molecule has 176 valence electrons. The summed E-state index contributed by atoms with van der Waals surface area (Å²) in [5.74, 6) is 1.09. The predicted molar refractivity (Wildman–Crippen MR) is 133 cm³/mol. The van der Waals surface area contributed by atoms with E-state index in [4.69, 9.17) is 44.1 Å². The maximum atomic E-state index is 12.4. The van der Waals surface area contributed by atoms with Gasteiger partial charge in [0, 0.05) is 30.4 Å². The molecule has 0 atom stereocenters. The molecule has 6 N–H and O–H groups in total. The first-order valence-corrected chi connectivity index (χ1v) is 11.1. The largest absolute Gasteiger partial charge is 0.493 e. The molecule has 2 aromatic heterocycles. The molecule has 33 heavy (non-hydrogen) atoms. The summed E-state index contributed by atoms with van der Waals surface area (Å²) in [6.07, 6.45) is 6.60. The molecule has 9 nitrogen and oxygen atoms in total. The molecule has 0 unspecified atom stereocenters. The number of unbranched alkanes of at least 4 members (excludes halogenated alkanes) is 3. The topological polar surface area (TPSA) is 141 Å². The number of halogens is 2. The first-order valence-electron chi connectivity index (χ1n) is 10.4. The third kappa shape index (κ3) is 6.43. The van der Waals surface area contributed by atoms with E-state index in [9.17, 15) is 4.79 Å². The molecule has 0 aliphatic heterocycles. The van der Waals surface area contributed by atoms with Crippen molar-refractivity contribution < 1.29 is 9.47 Å². The van der Waals surface area contributed by atoms with E-state index in [0.29, 0.717) is 57.0 Å². The number of pyridine rings is 2. The first kappa shape index (κ1) is 24.5. The Bertz CT molecular complexity index is 1170. The zero-order valence-corrected chi connectivity index (χ0v) is 19.7. The molecule has 0 radical (unpaired) electrons. The average Bonchev–Trinajstić information content (AvgIpc) is 2.77. The smallest absolute Gasteiger partial charge is 0.250 e. The Hall–Kier alpha value is -3.17. The fourth-order valence-corrected chi connectivity index (χ4v) is 3.76. The van der Waals surface area contributed by atoms with Crippen molar-refractivity contribution in [2.45, 2.75) is 25.7 Å². The van der Waals surface area contributed by atoms with Crippen LogP contribution in [0.3, 0.4) is 0 Å². The molecule has 2 heterocycles. The monoisotopic (exact) mass is 492 g/mol. The van der Waals surface area contributed by atoms with Crippen LogP contribution in [-0.2, 0) is 0 Å². The van der Waals surface area contributed by atoms with E-state index in [2.05, 4.69) is 20.3 Å². The lowest BCUT2D eigenvalue weighted by Crippen LogP contribution is -2.22. The van der Waals surface area contributed by atoms with Crippen molar-refractivity contribution in [3.8, 4) is 11.5 Å². The Labute approximate surface area is 201 Å². The molecule has 0 aliphatic carbocycles. The van der Waals surface area contributed by atoms with Crippen LogP contribution in [0.4, 0.5) is 11.4 Å². The van der Waals surface area contributed by atoms with Crippen LogP contribution in [0.25, 0.3) is 10.9 Å². The number of rotatable bonds is 11. The lowest BCUT2D eigenvalue weighted by molar-refractivity contribution is 0.288. The third-order valence-electron chi connectivity index (χ3n) is 4.86. The standard InChI is InChI=1S/C22H26Cl2N6O3/c1-32-17-7-6-13-16(29-20-14(23)11-27-12-15(20)24)10-18(31)30-19(13)21(17)33-9-5-3-2-4-8-28-22(25)26/h6-7,10-12H,2-5,8-9H2,1H3,(H4,25,26,28)(H2,27,29,30,31). The van der Waals surface area contributed by atoms with Crippen molar-refractivity contribution >= 4 is 51.4 Å². The van der Waals surface area contributed by atoms with E-state index in [1.54, 1.807) is 13.2 Å². The van der Waals surface area contributed by atoms with Gasteiger partial charge in [-0.25, -0.2) is 0 Å². The average molecular weight is 493 g/mol. The second-order valence-electron chi connectivity index (χ2n) is 7.24. The van der Waals surface area contributed by atoms with Gasteiger partial charge in [0.25, 0.3) is 5.56 Å². The number of hydrogen-bond donors (Lipinski definition) is 4. The van der Waals surface area contributed by atoms with Crippen LogP contribution in [0, 0.1) is 0 Å². The molecule has 3 aromatic rings. The fourth-order valence-electron chi connectivity index (χ4n) is 3.30.